The minimum atomic E-state index is 0.0597. The lowest BCUT2D eigenvalue weighted by atomic mass is 10.0. The maximum absolute atomic E-state index is 13.1. The van der Waals surface area contributed by atoms with Gasteiger partial charge in [0.1, 0.15) is 5.01 Å². The molecular formula is C24H24N4O2S. The van der Waals surface area contributed by atoms with Gasteiger partial charge >= 0.3 is 0 Å². The number of carbonyl (C=O) groups excluding carboxylic acids is 1. The maximum Gasteiger partial charge on any atom is 0.227 e. The van der Waals surface area contributed by atoms with E-state index in [1.807, 2.05) is 54.3 Å². The third-order valence-electron chi connectivity index (χ3n) is 5.75. The second kappa shape index (κ2) is 8.59. The normalized spacial score (nSPS) is 16.7. The maximum atomic E-state index is 13.1. The van der Waals surface area contributed by atoms with Crippen LogP contribution in [0.3, 0.4) is 0 Å². The first-order chi connectivity index (χ1) is 15.2. The number of thiazole rings is 1. The Hall–Kier alpha value is -3.06. The highest BCUT2D eigenvalue weighted by atomic mass is 32.1. The average molecular weight is 433 g/mol. The van der Waals surface area contributed by atoms with Gasteiger partial charge in [0, 0.05) is 24.9 Å². The zero-order valence-corrected chi connectivity index (χ0v) is 18.3. The molecule has 1 aliphatic rings. The van der Waals surface area contributed by atoms with Crippen LogP contribution in [-0.4, -0.2) is 32.5 Å². The quantitative estimate of drug-likeness (QED) is 0.426. The molecule has 1 fully saturated rings. The Morgan fingerprint density at radius 1 is 1.13 bits per heavy atom. The lowest BCUT2D eigenvalue weighted by molar-refractivity contribution is -0.135. The van der Waals surface area contributed by atoms with Gasteiger partial charge in [-0.3, -0.25) is 4.79 Å². The van der Waals surface area contributed by atoms with E-state index in [1.54, 1.807) is 11.3 Å². The summed E-state index contributed by atoms with van der Waals surface area (Å²) in [6, 6.07) is 16.2. The number of piperidine rings is 1. The number of nitrogens with zero attached hydrogens (tertiary/aromatic N) is 4. The molecule has 0 saturated carbocycles. The summed E-state index contributed by atoms with van der Waals surface area (Å²) >= 11 is 1.70. The van der Waals surface area contributed by atoms with E-state index in [0.717, 1.165) is 41.9 Å². The fraction of sp³-hybridized carbons (Fsp3) is 0.333. The summed E-state index contributed by atoms with van der Waals surface area (Å²) in [5.41, 5.74) is 3.11. The standard InChI is InChI=1S/C24H24N4O2S/c1-16-9-11-17(12-10-16)23-26-21(30-27-23)13-14-22(29)28-15-5-4-7-19(28)24-25-18-6-2-3-8-20(18)31-24/h2-3,6,8-12,19H,4-5,7,13-15H2,1H3/t19-/m1/s1. The van der Waals surface area contributed by atoms with E-state index in [9.17, 15) is 4.79 Å². The van der Waals surface area contributed by atoms with Crippen LogP contribution in [0.4, 0.5) is 0 Å². The minimum Gasteiger partial charge on any atom is -0.339 e. The number of hydrogen-bond acceptors (Lipinski definition) is 6. The van der Waals surface area contributed by atoms with Gasteiger partial charge in [-0.05, 0) is 38.3 Å². The summed E-state index contributed by atoms with van der Waals surface area (Å²) in [6.45, 7) is 2.82. The molecule has 0 spiro atoms. The summed E-state index contributed by atoms with van der Waals surface area (Å²) in [4.78, 5) is 24.4. The molecule has 1 amide bonds. The predicted molar refractivity (Wildman–Crippen MR) is 121 cm³/mol. The molecule has 0 unspecified atom stereocenters. The third kappa shape index (κ3) is 4.23. The molecule has 5 rings (SSSR count). The van der Waals surface area contributed by atoms with Gasteiger partial charge in [0.2, 0.25) is 17.6 Å². The van der Waals surface area contributed by atoms with E-state index in [4.69, 9.17) is 9.51 Å². The van der Waals surface area contributed by atoms with Crippen molar-refractivity contribution in [3.63, 3.8) is 0 Å². The van der Waals surface area contributed by atoms with Crippen LogP contribution < -0.4 is 0 Å². The number of rotatable bonds is 5. The highest BCUT2D eigenvalue weighted by Crippen LogP contribution is 2.36. The Balaban J connectivity index is 1.27. The second-order valence-corrected chi connectivity index (χ2v) is 9.06. The number of hydrogen-bond donors (Lipinski definition) is 0. The molecule has 1 atom stereocenters. The van der Waals surface area contributed by atoms with Crippen molar-refractivity contribution in [1.29, 1.82) is 0 Å². The molecular weight excluding hydrogens is 408 g/mol. The number of aryl methyl sites for hydroxylation is 2. The third-order valence-corrected chi connectivity index (χ3v) is 6.89. The number of fused-ring (bicyclic) bond motifs is 1. The highest BCUT2D eigenvalue weighted by molar-refractivity contribution is 7.18. The van der Waals surface area contributed by atoms with Crippen LogP contribution in [0.2, 0.25) is 0 Å². The van der Waals surface area contributed by atoms with Crippen LogP contribution in [-0.2, 0) is 11.2 Å². The summed E-state index contributed by atoms with van der Waals surface area (Å²) < 4.78 is 6.57. The van der Waals surface area contributed by atoms with Gasteiger partial charge in [-0.2, -0.15) is 4.98 Å². The van der Waals surface area contributed by atoms with Crippen LogP contribution in [0.5, 0.6) is 0 Å². The Bertz CT molecular complexity index is 1160. The zero-order valence-electron chi connectivity index (χ0n) is 17.5. The second-order valence-electron chi connectivity index (χ2n) is 8.00. The molecule has 6 nitrogen and oxygen atoms in total. The highest BCUT2D eigenvalue weighted by Gasteiger charge is 2.30. The molecule has 0 aliphatic carbocycles. The van der Waals surface area contributed by atoms with Gasteiger partial charge in [-0.25, -0.2) is 4.98 Å². The SMILES string of the molecule is Cc1ccc(-c2noc(CCC(=O)N3CCCC[C@@H]3c3nc4ccccc4s3)n2)cc1. The Kier molecular flexibility index (Phi) is 5.51. The summed E-state index contributed by atoms with van der Waals surface area (Å²) in [6.07, 6.45) is 3.92. The molecule has 2 aromatic heterocycles. The molecule has 158 valence electrons. The van der Waals surface area contributed by atoms with E-state index < -0.39 is 0 Å². The summed E-state index contributed by atoms with van der Waals surface area (Å²) in [5.74, 6) is 1.18. The molecule has 3 heterocycles. The van der Waals surface area contributed by atoms with Crippen molar-refractivity contribution < 1.29 is 9.32 Å². The number of amides is 1. The summed E-state index contributed by atoms with van der Waals surface area (Å²) in [7, 11) is 0. The average Bonchev–Trinajstić information content (AvgIpc) is 3.45. The van der Waals surface area contributed by atoms with Crippen LogP contribution in [0.15, 0.2) is 53.1 Å². The van der Waals surface area contributed by atoms with Crippen LogP contribution in [0, 0.1) is 6.92 Å². The number of likely N-dealkylation sites (tertiary alicyclic amines) is 1. The largest absolute Gasteiger partial charge is 0.339 e. The van der Waals surface area contributed by atoms with Gasteiger partial charge in [-0.1, -0.05) is 47.1 Å². The molecule has 1 aliphatic heterocycles. The molecule has 7 heteroatoms. The minimum absolute atomic E-state index is 0.0597. The molecule has 31 heavy (non-hydrogen) atoms. The molecule has 0 radical (unpaired) electrons. The van der Waals surface area contributed by atoms with Crippen molar-refractivity contribution in [2.75, 3.05) is 6.54 Å². The smallest absolute Gasteiger partial charge is 0.227 e. The van der Waals surface area contributed by atoms with E-state index in [0.29, 0.717) is 24.6 Å². The lowest BCUT2D eigenvalue weighted by Gasteiger charge is -2.34. The lowest BCUT2D eigenvalue weighted by Crippen LogP contribution is -2.38. The van der Waals surface area contributed by atoms with E-state index >= 15 is 0 Å². The van der Waals surface area contributed by atoms with Crippen molar-refractivity contribution >= 4 is 27.5 Å². The fourth-order valence-electron chi connectivity index (χ4n) is 4.05. The van der Waals surface area contributed by atoms with Crippen LogP contribution >= 0.6 is 11.3 Å². The van der Waals surface area contributed by atoms with Gasteiger partial charge in [-0.15, -0.1) is 11.3 Å². The molecule has 1 saturated heterocycles. The van der Waals surface area contributed by atoms with Crippen molar-refractivity contribution in [1.82, 2.24) is 20.0 Å². The molecule has 4 aromatic rings. The number of para-hydroxylation sites is 1. The summed E-state index contributed by atoms with van der Waals surface area (Å²) in [5, 5.41) is 5.11. The molecule has 2 aromatic carbocycles. The van der Waals surface area contributed by atoms with Crippen molar-refractivity contribution in [2.24, 2.45) is 0 Å². The monoisotopic (exact) mass is 432 g/mol. The van der Waals surface area contributed by atoms with Gasteiger partial charge in [0.15, 0.2) is 0 Å². The first-order valence-electron chi connectivity index (χ1n) is 10.7. The van der Waals surface area contributed by atoms with Crippen molar-refractivity contribution in [3.05, 3.63) is 65.0 Å². The molecule has 0 bridgehead atoms. The topological polar surface area (TPSA) is 72.1 Å². The Labute approximate surface area is 184 Å². The van der Waals surface area contributed by atoms with Gasteiger partial charge < -0.3 is 9.42 Å². The van der Waals surface area contributed by atoms with E-state index in [-0.39, 0.29) is 11.9 Å². The fourth-order valence-corrected chi connectivity index (χ4v) is 5.17. The van der Waals surface area contributed by atoms with Gasteiger partial charge in [0.25, 0.3) is 0 Å². The van der Waals surface area contributed by atoms with Gasteiger partial charge in [0.05, 0.1) is 16.3 Å². The number of aromatic nitrogens is 3. The van der Waals surface area contributed by atoms with E-state index in [2.05, 4.69) is 16.2 Å². The first kappa shape index (κ1) is 19.9. The van der Waals surface area contributed by atoms with Crippen LogP contribution in [0.1, 0.15) is 48.2 Å². The van der Waals surface area contributed by atoms with Crippen molar-refractivity contribution in [3.8, 4) is 11.4 Å². The Morgan fingerprint density at radius 2 is 1.97 bits per heavy atom. The van der Waals surface area contributed by atoms with Crippen LogP contribution in [0.25, 0.3) is 21.6 Å². The predicted octanol–water partition coefficient (Wildman–Crippen LogP) is 5.34. The zero-order chi connectivity index (χ0) is 21.2. The number of carbonyl (C=O) groups is 1. The van der Waals surface area contributed by atoms with Crippen molar-refractivity contribution in [2.45, 2.75) is 45.1 Å². The van der Waals surface area contributed by atoms with E-state index in [1.165, 1.54) is 10.3 Å². The Morgan fingerprint density at radius 3 is 2.81 bits per heavy atom. The number of benzene rings is 2. The first-order valence-corrected chi connectivity index (χ1v) is 11.5. The molecule has 0 N–H and O–H groups in total.